The summed E-state index contributed by atoms with van der Waals surface area (Å²) in [6.07, 6.45) is 4.01. The molecular weight excluding hydrogens is 256 g/mol. The van der Waals surface area contributed by atoms with Gasteiger partial charge in [0.15, 0.2) is 0 Å². The highest BCUT2D eigenvalue weighted by atomic mass is 14.9. The van der Waals surface area contributed by atoms with Crippen LogP contribution in [0.15, 0.2) is 54.7 Å². The molecule has 1 atom stereocenters. The highest BCUT2D eigenvalue weighted by molar-refractivity contribution is 5.20. The van der Waals surface area contributed by atoms with Crippen molar-refractivity contribution in [2.75, 3.05) is 6.54 Å². The van der Waals surface area contributed by atoms with Gasteiger partial charge in [-0.15, -0.1) is 0 Å². The SMILES string of the molecule is CC(C)(C)NCC(CCc1ccccn1)c1ccccc1. The van der Waals surface area contributed by atoms with Crippen molar-refractivity contribution in [2.45, 2.75) is 45.1 Å². The lowest BCUT2D eigenvalue weighted by Crippen LogP contribution is -2.38. The summed E-state index contributed by atoms with van der Waals surface area (Å²) in [5, 5.41) is 3.64. The average Bonchev–Trinajstić information content (AvgIpc) is 2.48. The van der Waals surface area contributed by atoms with Gasteiger partial charge in [-0.3, -0.25) is 4.98 Å². The van der Waals surface area contributed by atoms with E-state index < -0.39 is 0 Å². The summed E-state index contributed by atoms with van der Waals surface area (Å²) in [5.74, 6) is 0.521. The molecule has 2 aromatic rings. The second-order valence-electron chi connectivity index (χ2n) is 6.60. The lowest BCUT2D eigenvalue weighted by molar-refractivity contribution is 0.399. The standard InChI is InChI=1S/C19H26N2/c1-19(2,3)21-15-17(16-9-5-4-6-10-16)12-13-18-11-7-8-14-20-18/h4-11,14,17,21H,12-13,15H2,1-3H3. The van der Waals surface area contributed by atoms with Gasteiger partial charge in [-0.1, -0.05) is 36.4 Å². The molecule has 112 valence electrons. The Bertz CT molecular complexity index is 514. The first-order chi connectivity index (χ1) is 10.0. The van der Waals surface area contributed by atoms with E-state index in [-0.39, 0.29) is 5.54 Å². The van der Waals surface area contributed by atoms with Gasteiger partial charge >= 0.3 is 0 Å². The maximum absolute atomic E-state index is 4.43. The monoisotopic (exact) mass is 282 g/mol. The Kier molecular flexibility index (Phi) is 5.51. The van der Waals surface area contributed by atoms with Crippen LogP contribution in [-0.4, -0.2) is 17.1 Å². The molecule has 1 heterocycles. The van der Waals surface area contributed by atoms with Crippen molar-refractivity contribution < 1.29 is 0 Å². The first-order valence-corrected chi connectivity index (χ1v) is 7.74. The molecule has 2 rings (SSSR count). The first kappa shape index (κ1) is 15.7. The van der Waals surface area contributed by atoms with Crippen molar-refractivity contribution in [3.05, 3.63) is 66.0 Å². The topological polar surface area (TPSA) is 24.9 Å². The van der Waals surface area contributed by atoms with Crippen LogP contribution in [0.1, 0.15) is 44.4 Å². The molecule has 0 saturated carbocycles. The lowest BCUT2D eigenvalue weighted by atomic mass is 9.92. The number of rotatable bonds is 6. The van der Waals surface area contributed by atoms with Gasteiger partial charge in [-0.05, 0) is 57.2 Å². The summed E-state index contributed by atoms with van der Waals surface area (Å²) < 4.78 is 0. The Morgan fingerprint density at radius 3 is 2.33 bits per heavy atom. The Morgan fingerprint density at radius 2 is 1.71 bits per heavy atom. The summed E-state index contributed by atoms with van der Waals surface area (Å²) >= 11 is 0. The van der Waals surface area contributed by atoms with Crippen LogP contribution in [0.5, 0.6) is 0 Å². The van der Waals surface area contributed by atoms with E-state index in [1.54, 1.807) is 0 Å². The average molecular weight is 282 g/mol. The molecule has 1 aromatic carbocycles. The van der Waals surface area contributed by atoms with Crippen LogP contribution in [0, 0.1) is 0 Å². The van der Waals surface area contributed by atoms with E-state index in [4.69, 9.17) is 0 Å². The van der Waals surface area contributed by atoms with Crippen LogP contribution in [0.25, 0.3) is 0 Å². The lowest BCUT2D eigenvalue weighted by Gasteiger charge is -2.25. The molecule has 0 fully saturated rings. The summed E-state index contributed by atoms with van der Waals surface area (Å²) in [6, 6.07) is 16.9. The minimum atomic E-state index is 0.151. The Hall–Kier alpha value is -1.67. The van der Waals surface area contributed by atoms with Crippen molar-refractivity contribution in [3.63, 3.8) is 0 Å². The summed E-state index contributed by atoms with van der Waals surface area (Å²) in [7, 11) is 0. The molecule has 0 aliphatic heterocycles. The van der Waals surface area contributed by atoms with Gasteiger partial charge in [0.25, 0.3) is 0 Å². The van der Waals surface area contributed by atoms with Gasteiger partial charge in [-0.2, -0.15) is 0 Å². The zero-order valence-electron chi connectivity index (χ0n) is 13.3. The van der Waals surface area contributed by atoms with Crippen LogP contribution in [0.3, 0.4) is 0 Å². The molecule has 1 N–H and O–H groups in total. The Morgan fingerprint density at radius 1 is 1.00 bits per heavy atom. The molecule has 0 amide bonds. The third-order valence-corrected chi connectivity index (χ3v) is 3.62. The molecule has 0 spiro atoms. The smallest absolute Gasteiger partial charge is 0.0403 e. The predicted octanol–water partition coefficient (Wildman–Crippen LogP) is 4.19. The van der Waals surface area contributed by atoms with Crippen LogP contribution in [-0.2, 0) is 6.42 Å². The van der Waals surface area contributed by atoms with E-state index in [2.05, 4.69) is 73.5 Å². The number of aryl methyl sites for hydroxylation is 1. The van der Waals surface area contributed by atoms with Crippen molar-refractivity contribution in [1.29, 1.82) is 0 Å². The summed E-state index contributed by atoms with van der Waals surface area (Å²) in [4.78, 5) is 4.43. The molecular formula is C19H26N2. The van der Waals surface area contributed by atoms with E-state index in [1.165, 1.54) is 11.3 Å². The van der Waals surface area contributed by atoms with Crippen molar-refractivity contribution in [1.82, 2.24) is 10.3 Å². The Labute approximate surface area is 128 Å². The molecule has 0 aliphatic carbocycles. The van der Waals surface area contributed by atoms with E-state index in [9.17, 15) is 0 Å². The first-order valence-electron chi connectivity index (χ1n) is 7.74. The summed E-state index contributed by atoms with van der Waals surface area (Å²) in [6.45, 7) is 7.65. The molecule has 0 aliphatic rings. The van der Waals surface area contributed by atoms with Crippen molar-refractivity contribution >= 4 is 0 Å². The van der Waals surface area contributed by atoms with Crippen LogP contribution in [0.4, 0.5) is 0 Å². The summed E-state index contributed by atoms with van der Waals surface area (Å²) in [5.41, 5.74) is 2.73. The van der Waals surface area contributed by atoms with E-state index >= 15 is 0 Å². The quantitative estimate of drug-likeness (QED) is 0.859. The van der Waals surface area contributed by atoms with Gasteiger partial charge < -0.3 is 5.32 Å². The molecule has 2 heteroatoms. The molecule has 1 unspecified atom stereocenters. The molecule has 0 saturated heterocycles. The minimum absolute atomic E-state index is 0.151. The van der Waals surface area contributed by atoms with E-state index in [0.29, 0.717) is 5.92 Å². The number of pyridine rings is 1. The maximum Gasteiger partial charge on any atom is 0.0403 e. The third-order valence-electron chi connectivity index (χ3n) is 3.62. The van der Waals surface area contributed by atoms with Crippen LogP contribution in [0.2, 0.25) is 0 Å². The second-order valence-corrected chi connectivity index (χ2v) is 6.60. The molecule has 21 heavy (non-hydrogen) atoms. The third kappa shape index (κ3) is 5.68. The molecule has 0 radical (unpaired) electrons. The number of benzene rings is 1. The van der Waals surface area contributed by atoms with Gasteiger partial charge in [0.1, 0.15) is 0 Å². The zero-order valence-corrected chi connectivity index (χ0v) is 13.3. The second kappa shape index (κ2) is 7.37. The largest absolute Gasteiger partial charge is 0.311 e. The zero-order chi connectivity index (χ0) is 15.1. The molecule has 2 nitrogen and oxygen atoms in total. The van der Waals surface area contributed by atoms with Gasteiger partial charge in [0.2, 0.25) is 0 Å². The van der Waals surface area contributed by atoms with Gasteiger partial charge in [0, 0.05) is 24.0 Å². The maximum atomic E-state index is 4.43. The predicted molar refractivity (Wildman–Crippen MR) is 89.5 cm³/mol. The highest BCUT2D eigenvalue weighted by Gasteiger charge is 2.16. The van der Waals surface area contributed by atoms with Gasteiger partial charge in [0.05, 0.1) is 0 Å². The fourth-order valence-corrected chi connectivity index (χ4v) is 2.41. The van der Waals surface area contributed by atoms with Crippen molar-refractivity contribution in [3.8, 4) is 0 Å². The number of hydrogen-bond donors (Lipinski definition) is 1. The van der Waals surface area contributed by atoms with Crippen molar-refractivity contribution in [2.24, 2.45) is 0 Å². The fraction of sp³-hybridized carbons (Fsp3) is 0.421. The Balaban J connectivity index is 2.02. The molecule has 0 bridgehead atoms. The number of aromatic nitrogens is 1. The van der Waals surface area contributed by atoms with E-state index in [1.807, 2.05) is 12.3 Å². The van der Waals surface area contributed by atoms with E-state index in [0.717, 1.165) is 19.4 Å². The normalized spacial score (nSPS) is 13.1. The number of hydrogen-bond acceptors (Lipinski definition) is 2. The minimum Gasteiger partial charge on any atom is -0.311 e. The fourth-order valence-electron chi connectivity index (χ4n) is 2.41. The molecule has 1 aromatic heterocycles. The van der Waals surface area contributed by atoms with Crippen LogP contribution < -0.4 is 5.32 Å². The van der Waals surface area contributed by atoms with Crippen LogP contribution >= 0.6 is 0 Å². The van der Waals surface area contributed by atoms with Gasteiger partial charge in [-0.25, -0.2) is 0 Å². The number of nitrogens with one attached hydrogen (secondary N) is 1. The number of nitrogens with zero attached hydrogens (tertiary/aromatic N) is 1. The highest BCUT2D eigenvalue weighted by Crippen LogP contribution is 2.21.